The van der Waals surface area contributed by atoms with E-state index in [0.717, 1.165) is 47.6 Å². The molecule has 0 amide bonds. The number of aryl methyl sites for hydroxylation is 2. The number of halogens is 1. The number of benzene rings is 1. The van der Waals surface area contributed by atoms with Gasteiger partial charge in [-0.1, -0.05) is 11.6 Å². The number of hydrogen-bond donors (Lipinski definition) is 0. The summed E-state index contributed by atoms with van der Waals surface area (Å²) in [5.74, 6) is 1.58. The van der Waals surface area contributed by atoms with E-state index in [2.05, 4.69) is 21.5 Å². The van der Waals surface area contributed by atoms with E-state index in [1.165, 1.54) is 32.0 Å². The molecule has 1 aliphatic rings. The second kappa shape index (κ2) is 9.99. The zero-order valence-corrected chi connectivity index (χ0v) is 20.0. The summed E-state index contributed by atoms with van der Waals surface area (Å²) in [6.07, 6.45) is 8.01. The van der Waals surface area contributed by atoms with E-state index in [-0.39, 0.29) is 12.2 Å². The van der Waals surface area contributed by atoms with Gasteiger partial charge in [-0.3, -0.25) is 14.3 Å². The Morgan fingerprint density at radius 1 is 1.09 bits per heavy atom. The molecule has 0 aliphatic carbocycles. The van der Waals surface area contributed by atoms with Gasteiger partial charge in [-0.05, 0) is 75.3 Å². The fourth-order valence-electron chi connectivity index (χ4n) is 4.48. The molecule has 4 heterocycles. The molecule has 7 nitrogen and oxygen atoms in total. The molecule has 5 rings (SSSR count). The topological polar surface area (TPSA) is 65.2 Å². The number of likely N-dealkylation sites (tertiary alicyclic amines) is 1. The standard InChI is InChI=1S/C26H28ClN5O2/c1-30-24-15-21(8-9-23(24)29-25(30)5-4-13-31-11-2-3-12-31)32-14-10-22(16-26(32)33)34-18-20-7-6-19(27)17-28-20/h6-10,14-17H,2-5,11-13,18H2,1H3. The molecule has 0 spiro atoms. The van der Waals surface area contributed by atoms with Gasteiger partial charge in [-0.25, -0.2) is 4.98 Å². The maximum atomic E-state index is 12.8. The number of hydrogen-bond acceptors (Lipinski definition) is 5. The highest BCUT2D eigenvalue weighted by molar-refractivity contribution is 6.30. The monoisotopic (exact) mass is 477 g/mol. The van der Waals surface area contributed by atoms with E-state index >= 15 is 0 Å². The molecule has 1 fully saturated rings. The molecule has 3 aromatic heterocycles. The second-order valence-corrected chi connectivity index (χ2v) is 9.18. The Hall–Kier alpha value is -3.16. The van der Waals surface area contributed by atoms with E-state index < -0.39 is 0 Å². The van der Waals surface area contributed by atoms with Crippen molar-refractivity contribution in [2.24, 2.45) is 7.05 Å². The van der Waals surface area contributed by atoms with Crippen molar-refractivity contribution in [1.82, 2.24) is 24.0 Å². The molecule has 0 radical (unpaired) electrons. The number of imidazole rings is 1. The molecule has 1 saturated heterocycles. The van der Waals surface area contributed by atoms with E-state index in [0.29, 0.717) is 10.8 Å². The summed E-state index contributed by atoms with van der Waals surface area (Å²) >= 11 is 5.86. The Labute approximate surface area is 203 Å². The Kier molecular flexibility index (Phi) is 6.65. The first-order chi connectivity index (χ1) is 16.6. The molecule has 0 saturated carbocycles. The fraction of sp³-hybridized carbons (Fsp3) is 0.346. The predicted octanol–water partition coefficient (Wildman–Crippen LogP) is 4.38. The van der Waals surface area contributed by atoms with Crippen LogP contribution in [0.5, 0.6) is 5.75 Å². The molecular formula is C26H28ClN5O2. The van der Waals surface area contributed by atoms with Gasteiger partial charge in [0.1, 0.15) is 18.2 Å². The number of pyridine rings is 2. The summed E-state index contributed by atoms with van der Waals surface area (Å²) in [6.45, 7) is 3.85. The first-order valence-corrected chi connectivity index (χ1v) is 12.1. The maximum Gasteiger partial charge on any atom is 0.258 e. The molecule has 0 N–H and O–H groups in total. The summed E-state index contributed by atoms with van der Waals surface area (Å²) in [4.78, 5) is 24.4. The van der Waals surface area contributed by atoms with Gasteiger partial charge in [0.05, 0.1) is 27.4 Å². The molecule has 8 heteroatoms. The minimum absolute atomic E-state index is 0.158. The van der Waals surface area contributed by atoms with Gasteiger partial charge in [0.15, 0.2) is 0 Å². The Morgan fingerprint density at radius 3 is 2.71 bits per heavy atom. The van der Waals surface area contributed by atoms with Crippen molar-refractivity contribution < 1.29 is 4.74 Å². The Balaban J connectivity index is 1.29. The van der Waals surface area contributed by atoms with Crippen LogP contribution in [-0.4, -0.2) is 43.6 Å². The smallest absolute Gasteiger partial charge is 0.258 e. The van der Waals surface area contributed by atoms with Crippen molar-refractivity contribution in [3.05, 3.63) is 81.8 Å². The van der Waals surface area contributed by atoms with Gasteiger partial charge in [-0.15, -0.1) is 0 Å². The van der Waals surface area contributed by atoms with Crippen LogP contribution in [0, 0.1) is 0 Å². The van der Waals surface area contributed by atoms with E-state index in [1.807, 2.05) is 18.2 Å². The fourth-order valence-corrected chi connectivity index (χ4v) is 4.59. The number of rotatable bonds is 8. The summed E-state index contributed by atoms with van der Waals surface area (Å²) < 4.78 is 9.50. The Morgan fingerprint density at radius 2 is 1.94 bits per heavy atom. The lowest BCUT2D eigenvalue weighted by Crippen LogP contribution is -2.21. The van der Waals surface area contributed by atoms with Gasteiger partial charge in [0, 0.05) is 31.9 Å². The lowest BCUT2D eigenvalue weighted by atomic mass is 10.2. The van der Waals surface area contributed by atoms with Gasteiger partial charge >= 0.3 is 0 Å². The number of nitrogens with zero attached hydrogens (tertiary/aromatic N) is 5. The SMILES string of the molecule is Cn1c(CCCN2CCCC2)nc2ccc(-n3ccc(OCc4ccc(Cl)cn4)cc3=O)cc21. The van der Waals surface area contributed by atoms with Crippen LogP contribution in [0.25, 0.3) is 16.7 Å². The number of fused-ring (bicyclic) bond motifs is 1. The van der Waals surface area contributed by atoms with Crippen LogP contribution >= 0.6 is 11.6 Å². The van der Waals surface area contributed by atoms with Crippen molar-refractivity contribution in [2.45, 2.75) is 32.3 Å². The number of aromatic nitrogens is 4. The maximum absolute atomic E-state index is 12.8. The van der Waals surface area contributed by atoms with Crippen LogP contribution in [0.2, 0.25) is 5.02 Å². The molecule has 176 valence electrons. The predicted molar refractivity (Wildman–Crippen MR) is 134 cm³/mol. The quantitative estimate of drug-likeness (QED) is 0.377. The molecule has 0 atom stereocenters. The van der Waals surface area contributed by atoms with Gasteiger partial charge in [0.2, 0.25) is 0 Å². The Bertz CT molecular complexity index is 1340. The summed E-state index contributed by atoms with van der Waals surface area (Å²) in [5.41, 5.74) is 3.36. The molecule has 1 aliphatic heterocycles. The second-order valence-electron chi connectivity index (χ2n) is 8.74. The lowest BCUT2D eigenvalue weighted by Gasteiger charge is -2.13. The molecular weight excluding hydrogens is 450 g/mol. The minimum atomic E-state index is -0.158. The highest BCUT2D eigenvalue weighted by Crippen LogP contribution is 2.21. The summed E-state index contributed by atoms with van der Waals surface area (Å²) in [5, 5.41) is 0.575. The van der Waals surface area contributed by atoms with Crippen LogP contribution in [-0.2, 0) is 20.1 Å². The van der Waals surface area contributed by atoms with Crippen molar-refractivity contribution >= 4 is 22.6 Å². The molecule has 1 aromatic carbocycles. The molecule has 34 heavy (non-hydrogen) atoms. The highest BCUT2D eigenvalue weighted by atomic mass is 35.5. The first kappa shape index (κ1) is 22.6. The molecule has 0 bridgehead atoms. The molecule has 4 aromatic rings. The van der Waals surface area contributed by atoms with Crippen LogP contribution in [0.3, 0.4) is 0 Å². The van der Waals surface area contributed by atoms with E-state index in [1.54, 1.807) is 35.2 Å². The largest absolute Gasteiger partial charge is 0.487 e. The van der Waals surface area contributed by atoms with Crippen molar-refractivity contribution in [1.29, 1.82) is 0 Å². The van der Waals surface area contributed by atoms with Crippen molar-refractivity contribution in [2.75, 3.05) is 19.6 Å². The third kappa shape index (κ3) is 5.00. The lowest BCUT2D eigenvalue weighted by molar-refractivity contribution is 0.300. The third-order valence-electron chi connectivity index (χ3n) is 6.38. The van der Waals surface area contributed by atoms with E-state index in [4.69, 9.17) is 21.3 Å². The zero-order valence-electron chi connectivity index (χ0n) is 19.3. The van der Waals surface area contributed by atoms with E-state index in [9.17, 15) is 4.79 Å². The summed E-state index contributed by atoms with van der Waals surface area (Å²) in [6, 6.07) is 12.8. The summed E-state index contributed by atoms with van der Waals surface area (Å²) in [7, 11) is 2.05. The average molecular weight is 478 g/mol. The third-order valence-corrected chi connectivity index (χ3v) is 6.60. The van der Waals surface area contributed by atoms with Gasteiger partial charge in [0.25, 0.3) is 5.56 Å². The van der Waals surface area contributed by atoms with Crippen molar-refractivity contribution in [3.63, 3.8) is 0 Å². The first-order valence-electron chi connectivity index (χ1n) is 11.7. The number of ether oxygens (including phenoxy) is 1. The van der Waals surface area contributed by atoms with Crippen molar-refractivity contribution in [3.8, 4) is 11.4 Å². The van der Waals surface area contributed by atoms with Gasteiger partial charge in [-0.2, -0.15) is 0 Å². The average Bonchev–Trinajstić information content (AvgIpc) is 3.47. The van der Waals surface area contributed by atoms with Crippen LogP contribution in [0.15, 0.2) is 59.7 Å². The highest BCUT2D eigenvalue weighted by Gasteiger charge is 2.13. The van der Waals surface area contributed by atoms with Crippen LogP contribution in [0.4, 0.5) is 0 Å². The normalized spacial score (nSPS) is 14.2. The molecule has 0 unspecified atom stereocenters. The van der Waals surface area contributed by atoms with Crippen LogP contribution < -0.4 is 10.3 Å². The van der Waals surface area contributed by atoms with Crippen LogP contribution in [0.1, 0.15) is 30.8 Å². The zero-order chi connectivity index (χ0) is 23.5. The van der Waals surface area contributed by atoms with Gasteiger partial charge < -0.3 is 14.2 Å². The minimum Gasteiger partial charge on any atom is -0.487 e.